The van der Waals surface area contributed by atoms with Crippen LogP contribution in [0, 0.1) is 11.7 Å². The highest BCUT2D eigenvalue weighted by Crippen LogP contribution is 2.20. The second kappa shape index (κ2) is 5.96. The van der Waals surface area contributed by atoms with Gasteiger partial charge in [0.25, 0.3) is 0 Å². The number of hydrogen-bond acceptors (Lipinski definition) is 2. The van der Waals surface area contributed by atoms with E-state index in [9.17, 15) is 4.39 Å². The van der Waals surface area contributed by atoms with Gasteiger partial charge in [0.15, 0.2) is 0 Å². The highest BCUT2D eigenvalue weighted by Gasteiger charge is 2.09. The zero-order valence-electron chi connectivity index (χ0n) is 10.5. The standard InChI is InChI=1S/C13H19FN2S/c1-9(2)6-7-16(3)12-5-4-10(13(15)17)8-11(12)14/h4-5,8-9H,6-7H2,1-3H3,(H2,15,17). The van der Waals surface area contributed by atoms with E-state index in [2.05, 4.69) is 13.8 Å². The predicted molar refractivity (Wildman–Crippen MR) is 75.0 cm³/mol. The minimum absolute atomic E-state index is 0.222. The van der Waals surface area contributed by atoms with Gasteiger partial charge in [0.2, 0.25) is 0 Å². The first-order valence-electron chi connectivity index (χ1n) is 5.72. The summed E-state index contributed by atoms with van der Waals surface area (Å²) >= 11 is 4.81. The Balaban J connectivity index is 2.81. The van der Waals surface area contributed by atoms with Crippen LogP contribution in [0.5, 0.6) is 0 Å². The first-order chi connectivity index (χ1) is 7.91. The van der Waals surface area contributed by atoms with Gasteiger partial charge in [0.1, 0.15) is 10.8 Å². The molecule has 0 radical (unpaired) electrons. The SMILES string of the molecule is CC(C)CCN(C)c1ccc(C(N)=S)cc1F. The van der Waals surface area contributed by atoms with Crippen molar-refractivity contribution >= 4 is 22.9 Å². The molecule has 0 saturated carbocycles. The Labute approximate surface area is 108 Å². The molecule has 0 aromatic heterocycles. The fraction of sp³-hybridized carbons (Fsp3) is 0.462. The fourth-order valence-corrected chi connectivity index (χ4v) is 1.67. The summed E-state index contributed by atoms with van der Waals surface area (Å²) in [7, 11) is 1.89. The third kappa shape index (κ3) is 3.97. The molecular weight excluding hydrogens is 235 g/mol. The molecule has 0 heterocycles. The lowest BCUT2D eigenvalue weighted by molar-refractivity contribution is 0.574. The topological polar surface area (TPSA) is 29.3 Å². The Kier molecular flexibility index (Phi) is 4.87. The first-order valence-corrected chi connectivity index (χ1v) is 6.13. The van der Waals surface area contributed by atoms with Crippen LogP contribution in [0.1, 0.15) is 25.8 Å². The summed E-state index contributed by atoms with van der Waals surface area (Å²) < 4.78 is 13.8. The molecule has 2 N–H and O–H groups in total. The molecule has 0 amide bonds. The van der Waals surface area contributed by atoms with Crippen molar-refractivity contribution in [2.75, 3.05) is 18.5 Å². The lowest BCUT2D eigenvalue weighted by Gasteiger charge is -2.21. The van der Waals surface area contributed by atoms with Gasteiger partial charge < -0.3 is 10.6 Å². The van der Waals surface area contributed by atoms with E-state index in [1.54, 1.807) is 12.1 Å². The number of anilines is 1. The summed E-state index contributed by atoms with van der Waals surface area (Å²) in [5.74, 6) is 0.331. The molecule has 0 spiro atoms. The van der Waals surface area contributed by atoms with Crippen LogP contribution in [0.2, 0.25) is 0 Å². The molecule has 0 aliphatic heterocycles. The Bertz CT molecular complexity index is 404. The van der Waals surface area contributed by atoms with Gasteiger partial charge in [0.05, 0.1) is 5.69 Å². The van der Waals surface area contributed by atoms with E-state index in [4.69, 9.17) is 18.0 Å². The third-order valence-electron chi connectivity index (χ3n) is 2.69. The van der Waals surface area contributed by atoms with Crippen LogP contribution in [0.4, 0.5) is 10.1 Å². The lowest BCUT2D eigenvalue weighted by atomic mass is 10.1. The van der Waals surface area contributed by atoms with Crippen LogP contribution in [-0.2, 0) is 0 Å². The lowest BCUT2D eigenvalue weighted by Crippen LogP contribution is -2.21. The smallest absolute Gasteiger partial charge is 0.147 e. The maximum absolute atomic E-state index is 13.8. The zero-order chi connectivity index (χ0) is 13.0. The van der Waals surface area contributed by atoms with E-state index in [1.807, 2.05) is 11.9 Å². The number of thiocarbonyl (C=S) groups is 1. The van der Waals surface area contributed by atoms with Crippen molar-refractivity contribution < 1.29 is 4.39 Å². The van der Waals surface area contributed by atoms with Crippen molar-refractivity contribution in [2.24, 2.45) is 11.7 Å². The van der Waals surface area contributed by atoms with E-state index >= 15 is 0 Å². The number of hydrogen-bond donors (Lipinski definition) is 1. The van der Waals surface area contributed by atoms with Crippen molar-refractivity contribution in [1.29, 1.82) is 0 Å². The monoisotopic (exact) mass is 254 g/mol. The summed E-state index contributed by atoms with van der Waals surface area (Å²) in [5, 5.41) is 0. The maximum atomic E-state index is 13.8. The molecule has 1 aromatic carbocycles. The Morgan fingerprint density at radius 2 is 2.12 bits per heavy atom. The largest absolute Gasteiger partial charge is 0.389 e. The molecule has 0 aliphatic carbocycles. The van der Waals surface area contributed by atoms with Crippen LogP contribution in [0.3, 0.4) is 0 Å². The molecule has 0 fully saturated rings. The van der Waals surface area contributed by atoms with Crippen LogP contribution >= 0.6 is 12.2 Å². The average molecular weight is 254 g/mol. The molecule has 0 aliphatic rings. The van der Waals surface area contributed by atoms with Crippen LogP contribution < -0.4 is 10.6 Å². The molecule has 0 atom stereocenters. The minimum atomic E-state index is -0.276. The number of halogens is 1. The van der Waals surface area contributed by atoms with Crippen molar-refractivity contribution in [2.45, 2.75) is 20.3 Å². The maximum Gasteiger partial charge on any atom is 0.147 e. The number of benzene rings is 1. The van der Waals surface area contributed by atoms with Gasteiger partial charge in [-0.2, -0.15) is 0 Å². The van der Waals surface area contributed by atoms with Crippen LogP contribution in [0.15, 0.2) is 18.2 Å². The molecular formula is C13H19FN2S. The predicted octanol–water partition coefficient (Wildman–Crippen LogP) is 2.94. The summed E-state index contributed by atoms with van der Waals surface area (Å²) in [5.41, 5.74) is 6.62. The van der Waals surface area contributed by atoms with E-state index in [-0.39, 0.29) is 10.8 Å². The average Bonchev–Trinajstić information content (AvgIpc) is 2.25. The van der Waals surface area contributed by atoms with E-state index in [0.717, 1.165) is 13.0 Å². The Morgan fingerprint density at radius 3 is 2.59 bits per heavy atom. The summed E-state index contributed by atoms with van der Waals surface area (Å²) in [6.45, 7) is 5.14. The normalized spacial score (nSPS) is 10.6. The quantitative estimate of drug-likeness (QED) is 0.819. The summed E-state index contributed by atoms with van der Waals surface area (Å²) in [6, 6.07) is 4.88. The zero-order valence-corrected chi connectivity index (χ0v) is 11.4. The van der Waals surface area contributed by atoms with Crippen molar-refractivity contribution in [3.8, 4) is 0 Å². The van der Waals surface area contributed by atoms with Crippen molar-refractivity contribution in [1.82, 2.24) is 0 Å². The Hall–Kier alpha value is -1.16. The molecule has 0 unspecified atom stereocenters. The molecule has 0 bridgehead atoms. The third-order valence-corrected chi connectivity index (χ3v) is 2.92. The van der Waals surface area contributed by atoms with Gasteiger partial charge in [-0.15, -0.1) is 0 Å². The number of nitrogens with two attached hydrogens (primary N) is 1. The van der Waals surface area contributed by atoms with Crippen LogP contribution in [-0.4, -0.2) is 18.6 Å². The fourth-order valence-electron chi connectivity index (χ4n) is 1.54. The molecule has 1 aromatic rings. The van der Waals surface area contributed by atoms with Crippen molar-refractivity contribution in [3.05, 3.63) is 29.6 Å². The molecule has 1 rings (SSSR count). The van der Waals surface area contributed by atoms with E-state index in [1.165, 1.54) is 6.07 Å². The summed E-state index contributed by atoms with van der Waals surface area (Å²) in [6.07, 6.45) is 1.03. The minimum Gasteiger partial charge on any atom is -0.389 e. The second-order valence-corrected chi connectivity index (χ2v) is 5.07. The number of nitrogens with zero attached hydrogens (tertiary/aromatic N) is 1. The van der Waals surface area contributed by atoms with Gasteiger partial charge in [-0.3, -0.25) is 0 Å². The second-order valence-electron chi connectivity index (χ2n) is 4.63. The van der Waals surface area contributed by atoms with Gasteiger partial charge in [-0.25, -0.2) is 4.39 Å². The number of rotatable bonds is 5. The van der Waals surface area contributed by atoms with E-state index in [0.29, 0.717) is 17.2 Å². The molecule has 0 saturated heterocycles. The van der Waals surface area contributed by atoms with Gasteiger partial charge in [0, 0.05) is 19.2 Å². The molecule has 4 heteroatoms. The molecule has 2 nitrogen and oxygen atoms in total. The van der Waals surface area contributed by atoms with Gasteiger partial charge in [-0.1, -0.05) is 26.1 Å². The van der Waals surface area contributed by atoms with E-state index < -0.39 is 0 Å². The van der Waals surface area contributed by atoms with Crippen LogP contribution in [0.25, 0.3) is 0 Å². The Morgan fingerprint density at radius 1 is 1.47 bits per heavy atom. The highest BCUT2D eigenvalue weighted by molar-refractivity contribution is 7.80. The van der Waals surface area contributed by atoms with Gasteiger partial charge >= 0.3 is 0 Å². The summed E-state index contributed by atoms with van der Waals surface area (Å²) in [4.78, 5) is 2.14. The van der Waals surface area contributed by atoms with Crippen molar-refractivity contribution in [3.63, 3.8) is 0 Å². The highest BCUT2D eigenvalue weighted by atomic mass is 32.1. The van der Waals surface area contributed by atoms with Gasteiger partial charge in [-0.05, 0) is 30.5 Å². The molecule has 94 valence electrons. The first kappa shape index (κ1) is 13.9. The molecule has 17 heavy (non-hydrogen) atoms.